The number of nitrogens with one attached hydrogen (secondary N) is 1. The lowest BCUT2D eigenvalue weighted by Crippen LogP contribution is -2.38. The van der Waals surface area contributed by atoms with E-state index in [-0.39, 0.29) is 12.4 Å². The number of alkyl halides is 3. The quantitative estimate of drug-likeness (QED) is 0.810. The molecule has 2 rings (SSSR count). The number of benzene rings is 1. The van der Waals surface area contributed by atoms with E-state index in [4.69, 9.17) is 16.3 Å². The summed E-state index contributed by atoms with van der Waals surface area (Å²) >= 11 is 5.47. The topological polar surface area (TPSA) is 21.3 Å². The van der Waals surface area contributed by atoms with Gasteiger partial charge in [0, 0.05) is 0 Å². The summed E-state index contributed by atoms with van der Waals surface area (Å²) in [5.41, 5.74) is -1.02. The first kappa shape index (κ1) is 17.3. The Morgan fingerprint density at radius 3 is 2.50 bits per heavy atom. The van der Waals surface area contributed by atoms with Gasteiger partial charge in [-0.2, -0.15) is 13.2 Å². The van der Waals surface area contributed by atoms with Crippen molar-refractivity contribution in [2.75, 3.05) is 6.54 Å². The summed E-state index contributed by atoms with van der Waals surface area (Å²) in [7, 11) is 0. The first-order valence-electron chi connectivity index (χ1n) is 5.84. The number of hydrogen-bond donors (Lipinski definition) is 1. The summed E-state index contributed by atoms with van der Waals surface area (Å²) in [4.78, 5) is 0. The van der Waals surface area contributed by atoms with Crippen molar-refractivity contribution in [3.8, 4) is 5.75 Å². The molecule has 1 aromatic carbocycles. The number of hydrogen-bond acceptors (Lipinski definition) is 2. The van der Waals surface area contributed by atoms with Crippen molar-refractivity contribution in [3.63, 3.8) is 0 Å². The fraction of sp³-hybridized carbons (Fsp3) is 0.500. The van der Waals surface area contributed by atoms with Crippen LogP contribution in [0.4, 0.5) is 17.6 Å². The van der Waals surface area contributed by atoms with Crippen molar-refractivity contribution in [1.82, 2.24) is 5.32 Å². The molecule has 1 atom stereocenters. The molecule has 1 N–H and O–H groups in total. The van der Waals surface area contributed by atoms with Crippen LogP contribution in [0.15, 0.2) is 12.1 Å². The lowest BCUT2D eigenvalue weighted by molar-refractivity contribution is -0.137. The minimum atomic E-state index is -4.59. The van der Waals surface area contributed by atoms with Crippen molar-refractivity contribution in [1.29, 1.82) is 0 Å². The molecule has 0 amide bonds. The molecule has 8 heteroatoms. The van der Waals surface area contributed by atoms with Gasteiger partial charge in [-0.1, -0.05) is 11.6 Å². The largest absolute Gasteiger partial charge is 0.472 e. The van der Waals surface area contributed by atoms with Gasteiger partial charge < -0.3 is 4.74 Å². The van der Waals surface area contributed by atoms with Gasteiger partial charge in [0.1, 0.15) is 6.23 Å². The predicted octanol–water partition coefficient (Wildman–Crippen LogP) is 4.40. The van der Waals surface area contributed by atoms with E-state index in [1.54, 1.807) is 0 Å². The summed E-state index contributed by atoms with van der Waals surface area (Å²) in [6.45, 7) is 0.693. The molecule has 1 aliphatic heterocycles. The van der Waals surface area contributed by atoms with Crippen LogP contribution in [0.1, 0.15) is 24.8 Å². The van der Waals surface area contributed by atoms with E-state index in [0.29, 0.717) is 25.1 Å². The molecule has 0 radical (unpaired) electrons. The zero-order valence-electron chi connectivity index (χ0n) is 10.3. The van der Waals surface area contributed by atoms with Gasteiger partial charge >= 0.3 is 6.18 Å². The van der Waals surface area contributed by atoms with Gasteiger partial charge in [0.05, 0.1) is 10.6 Å². The van der Waals surface area contributed by atoms with E-state index in [0.717, 1.165) is 12.8 Å². The van der Waals surface area contributed by atoms with Crippen LogP contribution >= 0.6 is 24.0 Å². The van der Waals surface area contributed by atoms with Crippen LogP contribution in [0, 0.1) is 5.82 Å². The molecule has 1 fully saturated rings. The fourth-order valence-corrected chi connectivity index (χ4v) is 2.10. The highest BCUT2D eigenvalue weighted by molar-refractivity contribution is 6.31. The molecule has 2 nitrogen and oxygen atoms in total. The molecule has 1 heterocycles. The molecule has 114 valence electrons. The van der Waals surface area contributed by atoms with E-state index < -0.39 is 34.6 Å². The Hall–Kier alpha value is -0.720. The van der Waals surface area contributed by atoms with Crippen LogP contribution in [0.2, 0.25) is 5.02 Å². The lowest BCUT2D eigenvalue weighted by Gasteiger charge is -2.25. The Kier molecular flexibility index (Phi) is 5.91. The molecular weight excluding hydrogens is 321 g/mol. The van der Waals surface area contributed by atoms with Crippen LogP contribution in [0.3, 0.4) is 0 Å². The zero-order valence-corrected chi connectivity index (χ0v) is 11.8. The Balaban J connectivity index is 0.00000200. The van der Waals surface area contributed by atoms with Crippen LogP contribution in [0.25, 0.3) is 0 Å². The SMILES string of the molecule is Cl.Fc1c(Cl)cc(C(F)(F)F)cc1OC1CCCCN1. The maximum absolute atomic E-state index is 13.7. The Labute approximate surface area is 124 Å². The van der Waals surface area contributed by atoms with Crippen molar-refractivity contribution in [2.24, 2.45) is 0 Å². The first-order valence-corrected chi connectivity index (χ1v) is 6.22. The van der Waals surface area contributed by atoms with Crippen LogP contribution < -0.4 is 10.1 Å². The first-order chi connectivity index (χ1) is 8.88. The molecule has 20 heavy (non-hydrogen) atoms. The second-order valence-corrected chi connectivity index (χ2v) is 4.73. The van der Waals surface area contributed by atoms with Crippen molar-refractivity contribution < 1.29 is 22.3 Å². The molecule has 1 aliphatic rings. The Morgan fingerprint density at radius 1 is 1.25 bits per heavy atom. The van der Waals surface area contributed by atoms with E-state index in [9.17, 15) is 17.6 Å². The molecule has 1 saturated heterocycles. The molecule has 0 spiro atoms. The fourth-order valence-electron chi connectivity index (χ4n) is 1.89. The minimum absolute atomic E-state index is 0. The number of ether oxygens (including phenoxy) is 1. The highest BCUT2D eigenvalue weighted by Crippen LogP contribution is 2.36. The smallest absolute Gasteiger partial charge is 0.416 e. The van der Waals surface area contributed by atoms with Crippen molar-refractivity contribution in [2.45, 2.75) is 31.7 Å². The van der Waals surface area contributed by atoms with Gasteiger partial charge in [-0.05, 0) is 37.9 Å². The van der Waals surface area contributed by atoms with Gasteiger partial charge in [0.25, 0.3) is 0 Å². The van der Waals surface area contributed by atoms with E-state index in [1.165, 1.54) is 0 Å². The molecule has 0 aromatic heterocycles. The monoisotopic (exact) mass is 333 g/mol. The van der Waals surface area contributed by atoms with Gasteiger partial charge in [-0.15, -0.1) is 12.4 Å². The maximum atomic E-state index is 13.7. The standard InChI is InChI=1S/C12H12ClF4NO.ClH/c13-8-5-7(12(15,16)17)6-9(11(8)14)19-10-3-1-2-4-18-10;/h5-6,10,18H,1-4H2;1H. The van der Waals surface area contributed by atoms with E-state index >= 15 is 0 Å². The molecular formula is C12H13Cl2F4NO. The molecule has 0 saturated carbocycles. The predicted molar refractivity (Wildman–Crippen MR) is 69.9 cm³/mol. The number of rotatable bonds is 2. The van der Waals surface area contributed by atoms with E-state index in [1.807, 2.05) is 0 Å². The van der Waals surface area contributed by atoms with Crippen LogP contribution in [-0.2, 0) is 6.18 Å². The average Bonchev–Trinajstić information content (AvgIpc) is 2.34. The molecule has 1 unspecified atom stereocenters. The van der Waals surface area contributed by atoms with Gasteiger partial charge in [0.2, 0.25) is 0 Å². The zero-order chi connectivity index (χ0) is 14.0. The lowest BCUT2D eigenvalue weighted by atomic mass is 10.1. The van der Waals surface area contributed by atoms with Gasteiger partial charge in [-0.3, -0.25) is 5.32 Å². The van der Waals surface area contributed by atoms with E-state index in [2.05, 4.69) is 5.32 Å². The summed E-state index contributed by atoms with van der Waals surface area (Å²) in [6.07, 6.45) is -2.61. The number of piperidine rings is 1. The van der Waals surface area contributed by atoms with Crippen LogP contribution in [-0.4, -0.2) is 12.8 Å². The van der Waals surface area contributed by atoms with Crippen molar-refractivity contribution >= 4 is 24.0 Å². The highest BCUT2D eigenvalue weighted by Gasteiger charge is 2.33. The molecule has 1 aromatic rings. The summed E-state index contributed by atoms with van der Waals surface area (Å²) in [5.74, 6) is -1.44. The molecule has 0 aliphatic carbocycles. The third kappa shape index (κ3) is 4.14. The van der Waals surface area contributed by atoms with Crippen molar-refractivity contribution in [3.05, 3.63) is 28.5 Å². The Morgan fingerprint density at radius 2 is 1.95 bits per heavy atom. The second kappa shape index (κ2) is 6.83. The minimum Gasteiger partial charge on any atom is -0.472 e. The summed E-state index contributed by atoms with van der Waals surface area (Å²) in [6, 6.07) is 1.19. The highest BCUT2D eigenvalue weighted by atomic mass is 35.5. The average molecular weight is 334 g/mol. The number of halogens is 6. The van der Waals surface area contributed by atoms with Gasteiger partial charge in [-0.25, -0.2) is 4.39 Å². The third-order valence-electron chi connectivity index (χ3n) is 2.86. The Bertz CT molecular complexity index is 462. The molecule has 0 bridgehead atoms. The van der Waals surface area contributed by atoms with Gasteiger partial charge in [0.15, 0.2) is 11.6 Å². The normalized spacial score (nSPS) is 19.4. The second-order valence-electron chi connectivity index (χ2n) is 4.32. The maximum Gasteiger partial charge on any atom is 0.416 e. The van der Waals surface area contributed by atoms with Crippen LogP contribution in [0.5, 0.6) is 5.75 Å². The summed E-state index contributed by atoms with van der Waals surface area (Å²) < 4.78 is 56.7. The third-order valence-corrected chi connectivity index (χ3v) is 3.13. The summed E-state index contributed by atoms with van der Waals surface area (Å²) in [5, 5.41) is 2.36.